The van der Waals surface area contributed by atoms with Gasteiger partial charge >= 0.3 is 0 Å². The molecule has 1 aliphatic heterocycles. The van der Waals surface area contributed by atoms with E-state index >= 15 is 0 Å². The van der Waals surface area contributed by atoms with Crippen LogP contribution in [0.3, 0.4) is 0 Å². The summed E-state index contributed by atoms with van der Waals surface area (Å²) in [5.41, 5.74) is 6.46. The lowest BCUT2D eigenvalue weighted by Crippen LogP contribution is -2.69. The zero-order valence-corrected chi connectivity index (χ0v) is 12.9. The third kappa shape index (κ3) is 2.32. The number of nitrogens with one attached hydrogen (secondary N) is 1. The van der Waals surface area contributed by atoms with Crippen molar-refractivity contribution in [1.82, 2.24) is 5.32 Å². The van der Waals surface area contributed by atoms with Gasteiger partial charge in [-0.2, -0.15) is 0 Å². The lowest BCUT2D eigenvalue weighted by molar-refractivity contribution is -0.124. The number of fused-ring (bicyclic) bond motifs is 2. The second kappa shape index (κ2) is 5.55. The summed E-state index contributed by atoms with van der Waals surface area (Å²) in [4.78, 5) is 4.50. The largest absolute Gasteiger partial charge is 0.377 e. The van der Waals surface area contributed by atoms with Crippen LogP contribution in [0.4, 0.5) is 0 Å². The number of ether oxygens (including phenoxy) is 1. The van der Waals surface area contributed by atoms with Crippen molar-refractivity contribution in [2.45, 2.75) is 64.5 Å². The van der Waals surface area contributed by atoms with Crippen LogP contribution in [0.2, 0.25) is 0 Å². The molecule has 0 aromatic carbocycles. The van der Waals surface area contributed by atoms with Gasteiger partial charge in [-0.25, -0.2) is 0 Å². The summed E-state index contributed by atoms with van der Waals surface area (Å²) in [6.45, 7) is 6.21. The van der Waals surface area contributed by atoms with E-state index in [4.69, 9.17) is 10.5 Å². The molecule has 3 rings (SSSR count). The van der Waals surface area contributed by atoms with E-state index in [9.17, 15) is 0 Å². The molecule has 3 aliphatic rings. The fourth-order valence-electron chi connectivity index (χ4n) is 4.55. The Hall–Kier alpha value is -0.770. The van der Waals surface area contributed by atoms with Gasteiger partial charge < -0.3 is 15.8 Å². The first-order chi connectivity index (χ1) is 9.63. The lowest BCUT2D eigenvalue weighted by Gasteiger charge is -2.57. The smallest absolute Gasteiger partial charge is 0.188 e. The highest BCUT2D eigenvalue weighted by atomic mass is 16.5. The molecule has 3 fully saturated rings. The first-order valence-corrected chi connectivity index (χ1v) is 8.31. The molecule has 3 unspecified atom stereocenters. The first kappa shape index (κ1) is 14.2. The summed E-state index contributed by atoms with van der Waals surface area (Å²) in [5, 5.41) is 3.54. The Bertz CT molecular complexity index is 374. The molecule has 2 saturated carbocycles. The Morgan fingerprint density at radius 3 is 2.85 bits per heavy atom. The molecule has 3 N–H and O–H groups in total. The van der Waals surface area contributed by atoms with Crippen molar-refractivity contribution < 1.29 is 4.74 Å². The maximum Gasteiger partial charge on any atom is 0.188 e. The van der Waals surface area contributed by atoms with Crippen LogP contribution in [0.1, 0.15) is 52.4 Å². The molecule has 1 spiro atoms. The van der Waals surface area contributed by atoms with Crippen LogP contribution in [0.5, 0.6) is 0 Å². The normalized spacial score (nSPS) is 35.4. The number of nitrogens with zero attached hydrogens (tertiary/aromatic N) is 1. The number of guanidine groups is 1. The molecule has 1 saturated heterocycles. The molecule has 0 bridgehead atoms. The number of aliphatic imine (C=N–C) groups is 1. The molecular formula is C16H29N3O. The van der Waals surface area contributed by atoms with Gasteiger partial charge in [0, 0.05) is 30.5 Å². The number of hydrogen-bond donors (Lipinski definition) is 2. The number of rotatable bonds is 4. The zero-order valence-electron chi connectivity index (χ0n) is 12.9. The minimum Gasteiger partial charge on any atom is -0.377 e. The maximum absolute atomic E-state index is 6.10. The Labute approximate surface area is 122 Å². The minimum absolute atomic E-state index is 0.360. The topological polar surface area (TPSA) is 59.6 Å². The zero-order chi connectivity index (χ0) is 14.2. The average molecular weight is 279 g/mol. The van der Waals surface area contributed by atoms with Crippen LogP contribution >= 0.6 is 0 Å². The second-order valence-electron chi connectivity index (χ2n) is 7.26. The van der Waals surface area contributed by atoms with E-state index in [0.717, 1.165) is 19.6 Å². The highest BCUT2D eigenvalue weighted by Gasteiger charge is 2.64. The number of hydrogen-bond acceptors (Lipinski definition) is 2. The van der Waals surface area contributed by atoms with Gasteiger partial charge in [0.2, 0.25) is 0 Å². The van der Waals surface area contributed by atoms with Crippen molar-refractivity contribution in [2.75, 3.05) is 13.2 Å². The van der Waals surface area contributed by atoms with Crippen molar-refractivity contribution in [1.29, 1.82) is 0 Å². The summed E-state index contributed by atoms with van der Waals surface area (Å²) in [6, 6.07) is 0.500. The van der Waals surface area contributed by atoms with E-state index in [0.29, 0.717) is 35.4 Å². The summed E-state index contributed by atoms with van der Waals surface area (Å²) >= 11 is 0. The van der Waals surface area contributed by atoms with Gasteiger partial charge in [0.15, 0.2) is 5.96 Å². The SMILES string of the molecule is CC(C)CCN=C(N)NC1C2CCOC2C12CCCC2. The van der Waals surface area contributed by atoms with E-state index < -0.39 is 0 Å². The van der Waals surface area contributed by atoms with Crippen LogP contribution in [0, 0.1) is 17.3 Å². The van der Waals surface area contributed by atoms with Crippen molar-refractivity contribution in [3.63, 3.8) is 0 Å². The summed E-state index contributed by atoms with van der Waals surface area (Å²) in [6.07, 6.45) is 8.06. The van der Waals surface area contributed by atoms with E-state index in [-0.39, 0.29) is 0 Å². The fourth-order valence-corrected chi connectivity index (χ4v) is 4.55. The van der Waals surface area contributed by atoms with Crippen LogP contribution in [0.25, 0.3) is 0 Å². The van der Waals surface area contributed by atoms with Gasteiger partial charge in [-0.15, -0.1) is 0 Å². The van der Waals surface area contributed by atoms with Crippen molar-refractivity contribution in [3.8, 4) is 0 Å². The molecule has 0 aromatic rings. The summed E-state index contributed by atoms with van der Waals surface area (Å²) in [7, 11) is 0. The van der Waals surface area contributed by atoms with Gasteiger partial charge in [0.1, 0.15) is 0 Å². The predicted molar refractivity (Wildman–Crippen MR) is 81.6 cm³/mol. The number of nitrogens with two attached hydrogens (primary N) is 1. The quantitative estimate of drug-likeness (QED) is 0.613. The van der Waals surface area contributed by atoms with Crippen molar-refractivity contribution >= 4 is 5.96 Å². The molecule has 3 atom stereocenters. The molecule has 1 heterocycles. The van der Waals surface area contributed by atoms with Crippen LogP contribution in [-0.4, -0.2) is 31.3 Å². The molecule has 4 heteroatoms. The van der Waals surface area contributed by atoms with Crippen molar-refractivity contribution in [3.05, 3.63) is 0 Å². The van der Waals surface area contributed by atoms with E-state index in [1.54, 1.807) is 0 Å². The molecule has 0 radical (unpaired) electrons. The van der Waals surface area contributed by atoms with Crippen LogP contribution in [-0.2, 0) is 4.74 Å². The Kier molecular flexibility index (Phi) is 3.93. The van der Waals surface area contributed by atoms with Gasteiger partial charge in [0.25, 0.3) is 0 Å². The van der Waals surface area contributed by atoms with Gasteiger partial charge in [0.05, 0.1) is 6.10 Å². The van der Waals surface area contributed by atoms with E-state index in [1.807, 2.05) is 0 Å². The lowest BCUT2D eigenvalue weighted by atomic mass is 9.54. The Morgan fingerprint density at radius 2 is 2.15 bits per heavy atom. The molecule has 4 nitrogen and oxygen atoms in total. The third-order valence-electron chi connectivity index (χ3n) is 5.58. The van der Waals surface area contributed by atoms with Gasteiger partial charge in [-0.3, -0.25) is 4.99 Å². The molecule has 114 valence electrons. The Morgan fingerprint density at radius 1 is 1.40 bits per heavy atom. The fraction of sp³-hybridized carbons (Fsp3) is 0.938. The molecule has 2 aliphatic carbocycles. The summed E-state index contributed by atoms with van der Waals surface area (Å²) in [5.74, 6) is 1.99. The second-order valence-corrected chi connectivity index (χ2v) is 7.26. The monoisotopic (exact) mass is 279 g/mol. The third-order valence-corrected chi connectivity index (χ3v) is 5.58. The highest BCUT2D eigenvalue weighted by molar-refractivity contribution is 5.78. The standard InChI is InChI=1S/C16H29N3O/c1-11(2)5-9-18-15(17)19-13-12-6-10-20-14(12)16(13)7-3-4-8-16/h11-14H,3-10H2,1-2H3,(H3,17,18,19). The van der Waals surface area contributed by atoms with Crippen LogP contribution < -0.4 is 11.1 Å². The first-order valence-electron chi connectivity index (χ1n) is 8.31. The van der Waals surface area contributed by atoms with E-state index in [2.05, 4.69) is 24.2 Å². The maximum atomic E-state index is 6.10. The predicted octanol–water partition coefficient (Wildman–Crippen LogP) is 2.28. The highest BCUT2D eigenvalue weighted by Crippen LogP contribution is 2.60. The average Bonchev–Trinajstić information content (AvgIpc) is 3.04. The van der Waals surface area contributed by atoms with E-state index in [1.165, 1.54) is 32.1 Å². The molecule has 0 aromatic heterocycles. The Balaban J connectivity index is 1.61. The van der Waals surface area contributed by atoms with Crippen LogP contribution in [0.15, 0.2) is 4.99 Å². The molecule has 0 amide bonds. The van der Waals surface area contributed by atoms with Gasteiger partial charge in [-0.1, -0.05) is 26.7 Å². The summed E-state index contributed by atoms with van der Waals surface area (Å²) < 4.78 is 5.99. The van der Waals surface area contributed by atoms with Crippen molar-refractivity contribution in [2.24, 2.45) is 28.0 Å². The minimum atomic E-state index is 0.360. The van der Waals surface area contributed by atoms with Gasteiger partial charge in [-0.05, 0) is 31.6 Å². The molecular weight excluding hydrogens is 250 g/mol. The molecule has 20 heavy (non-hydrogen) atoms.